The minimum atomic E-state index is -3.11. The molecule has 9 heteroatoms. The lowest BCUT2D eigenvalue weighted by molar-refractivity contribution is 0.175. The van der Waals surface area contributed by atoms with Crippen LogP contribution in [0.1, 0.15) is 12.0 Å². The molecule has 29 heavy (non-hydrogen) atoms. The first-order valence-electron chi connectivity index (χ1n) is 9.39. The molecular weight excluding hydrogens is 413 g/mol. The lowest BCUT2D eigenvalue weighted by Crippen LogP contribution is -2.47. The molecule has 2 saturated heterocycles. The maximum Gasteiger partial charge on any atom is 0.279 e. The Hall–Kier alpha value is -2.07. The van der Waals surface area contributed by atoms with E-state index in [1.54, 1.807) is 10.4 Å². The first-order valence-corrected chi connectivity index (χ1v) is 12.1. The van der Waals surface area contributed by atoms with Crippen LogP contribution in [0.5, 0.6) is 10.9 Å². The van der Waals surface area contributed by atoms with Crippen LogP contribution in [0.15, 0.2) is 42.5 Å². The summed E-state index contributed by atoms with van der Waals surface area (Å²) < 4.78 is 45.2. The number of likely N-dealkylation sites (tertiary alicyclic amines) is 1. The lowest BCUT2D eigenvalue weighted by atomic mass is 10.2. The molecule has 0 amide bonds. The van der Waals surface area contributed by atoms with Gasteiger partial charge in [-0.25, -0.2) is 17.8 Å². The van der Waals surface area contributed by atoms with E-state index in [0.717, 1.165) is 35.3 Å². The lowest BCUT2D eigenvalue weighted by Gasteiger charge is -2.32. The summed E-state index contributed by atoms with van der Waals surface area (Å²) in [5, 5.41) is 0.482. The molecule has 0 radical (unpaired) electrons. The smallest absolute Gasteiger partial charge is 0.279 e. The third-order valence-electron chi connectivity index (χ3n) is 5.57. The van der Waals surface area contributed by atoms with Gasteiger partial charge < -0.3 is 4.74 Å². The monoisotopic (exact) mass is 433 g/mol. The number of hydrogen-bond acceptors (Lipinski definition) is 6. The molecule has 1 aromatic heterocycles. The summed E-state index contributed by atoms with van der Waals surface area (Å²) in [6, 6.07) is 12.7. The van der Waals surface area contributed by atoms with Gasteiger partial charge in [0.05, 0.1) is 16.5 Å². The summed E-state index contributed by atoms with van der Waals surface area (Å²) in [5.41, 5.74) is 1.87. The molecule has 2 aromatic carbocycles. The van der Waals surface area contributed by atoms with Gasteiger partial charge in [0.1, 0.15) is 11.6 Å². The summed E-state index contributed by atoms with van der Waals surface area (Å²) in [7, 11) is -3.11. The molecule has 0 N–H and O–H groups in total. The number of thiazole rings is 1. The Bertz CT molecular complexity index is 1160. The van der Waals surface area contributed by atoms with Gasteiger partial charge in [0, 0.05) is 31.7 Å². The predicted octanol–water partition coefficient (Wildman–Crippen LogP) is 3.45. The van der Waals surface area contributed by atoms with E-state index in [-0.39, 0.29) is 17.9 Å². The van der Waals surface area contributed by atoms with E-state index in [0.29, 0.717) is 17.5 Å². The summed E-state index contributed by atoms with van der Waals surface area (Å²) in [4.78, 5) is 6.73. The van der Waals surface area contributed by atoms with Crippen molar-refractivity contribution in [1.82, 2.24) is 14.2 Å². The van der Waals surface area contributed by atoms with Crippen LogP contribution in [0.2, 0.25) is 0 Å². The van der Waals surface area contributed by atoms with Crippen LogP contribution in [0, 0.1) is 5.82 Å². The molecule has 5 rings (SSSR count). The van der Waals surface area contributed by atoms with Crippen molar-refractivity contribution in [1.29, 1.82) is 0 Å². The molecule has 0 saturated carbocycles. The van der Waals surface area contributed by atoms with Gasteiger partial charge in [-0.15, -0.1) is 0 Å². The SMILES string of the molecule is CS(=O)(=O)N1CC2CC1CN2Cc1ccc(Oc2nc3ccc(F)cc3s2)cc1. The van der Waals surface area contributed by atoms with Crippen LogP contribution in [0.25, 0.3) is 10.2 Å². The number of nitrogens with zero attached hydrogens (tertiary/aromatic N) is 3. The second-order valence-corrected chi connectivity index (χ2v) is 10.6. The molecule has 3 heterocycles. The number of sulfonamides is 1. The quantitative estimate of drug-likeness (QED) is 0.617. The summed E-state index contributed by atoms with van der Waals surface area (Å²) in [6.07, 6.45) is 2.20. The maximum absolute atomic E-state index is 13.3. The molecule has 2 unspecified atom stereocenters. The topological polar surface area (TPSA) is 62.7 Å². The standard InChI is InChI=1S/C20H20FN3O3S2/c1-29(25,26)24-12-15-9-16(24)11-23(15)10-13-2-5-17(6-3-13)27-20-22-18-7-4-14(21)8-19(18)28-20/h2-8,15-16H,9-12H2,1H3. The zero-order chi connectivity index (χ0) is 20.2. The second kappa shape index (κ2) is 7.02. The molecule has 2 aliphatic heterocycles. The Balaban J connectivity index is 1.23. The van der Waals surface area contributed by atoms with Gasteiger partial charge in [0.2, 0.25) is 10.0 Å². The molecule has 3 aromatic rings. The Morgan fingerprint density at radius 2 is 1.97 bits per heavy atom. The average Bonchev–Trinajstić information content (AvgIpc) is 3.36. The normalized spacial score (nSPS) is 22.6. The Kier molecular flexibility index (Phi) is 4.58. The van der Waals surface area contributed by atoms with Gasteiger partial charge in [-0.05, 0) is 42.3 Å². The molecule has 0 aliphatic carbocycles. The Morgan fingerprint density at radius 1 is 1.17 bits per heavy atom. The van der Waals surface area contributed by atoms with Gasteiger partial charge in [0.15, 0.2) is 0 Å². The maximum atomic E-state index is 13.3. The molecule has 2 aliphatic rings. The van der Waals surface area contributed by atoms with Crippen molar-refractivity contribution in [3.63, 3.8) is 0 Å². The van der Waals surface area contributed by atoms with Crippen molar-refractivity contribution in [2.45, 2.75) is 25.0 Å². The average molecular weight is 434 g/mol. The van der Waals surface area contributed by atoms with Crippen LogP contribution < -0.4 is 4.74 Å². The van der Waals surface area contributed by atoms with Crippen molar-refractivity contribution >= 4 is 31.6 Å². The summed E-state index contributed by atoms with van der Waals surface area (Å²) >= 11 is 1.31. The van der Waals surface area contributed by atoms with Crippen LogP contribution in [0.4, 0.5) is 4.39 Å². The van der Waals surface area contributed by atoms with E-state index >= 15 is 0 Å². The Morgan fingerprint density at radius 3 is 2.66 bits per heavy atom. The van der Waals surface area contributed by atoms with Crippen LogP contribution in [-0.2, 0) is 16.6 Å². The van der Waals surface area contributed by atoms with Gasteiger partial charge in [0.25, 0.3) is 5.19 Å². The minimum absolute atomic E-state index is 0.0986. The zero-order valence-electron chi connectivity index (χ0n) is 15.8. The van der Waals surface area contributed by atoms with Crippen LogP contribution in [-0.4, -0.2) is 54.0 Å². The van der Waals surface area contributed by atoms with Crippen molar-refractivity contribution in [2.75, 3.05) is 19.3 Å². The number of fused-ring (bicyclic) bond motifs is 3. The second-order valence-electron chi connectivity index (χ2n) is 7.64. The summed E-state index contributed by atoms with van der Waals surface area (Å²) in [6.45, 7) is 2.15. The van der Waals surface area contributed by atoms with E-state index in [9.17, 15) is 12.8 Å². The van der Waals surface area contributed by atoms with E-state index in [2.05, 4.69) is 9.88 Å². The van der Waals surface area contributed by atoms with Crippen molar-refractivity contribution in [2.24, 2.45) is 0 Å². The third-order valence-corrected chi connectivity index (χ3v) is 7.77. The fourth-order valence-electron chi connectivity index (χ4n) is 4.23. The zero-order valence-corrected chi connectivity index (χ0v) is 17.4. The molecule has 2 atom stereocenters. The molecule has 2 bridgehead atoms. The van der Waals surface area contributed by atoms with Crippen molar-refractivity contribution in [3.8, 4) is 10.9 Å². The number of ether oxygens (including phenoxy) is 1. The number of piperazine rings is 1. The first-order chi connectivity index (χ1) is 13.8. The molecule has 6 nitrogen and oxygen atoms in total. The fraction of sp³-hybridized carbons (Fsp3) is 0.350. The van der Waals surface area contributed by atoms with Gasteiger partial charge >= 0.3 is 0 Å². The Labute approximate surface area is 172 Å². The van der Waals surface area contributed by atoms with Crippen molar-refractivity contribution < 1.29 is 17.5 Å². The van der Waals surface area contributed by atoms with Gasteiger partial charge in [-0.2, -0.15) is 4.31 Å². The minimum Gasteiger partial charge on any atom is -0.431 e. The third kappa shape index (κ3) is 3.75. The summed E-state index contributed by atoms with van der Waals surface area (Å²) in [5.74, 6) is 0.395. The van der Waals surface area contributed by atoms with E-state index in [1.165, 1.54) is 29.7 Å². The van der Waals surface area contributed by atoms with Gasteiger partial charge in [-0.3, -0.25) is 4.90 Å². The first kappa shape index (κ1) is 18.9. The highest BCUT2D eigenvalue weighted by atomic mass is 32.2. The largest absolute Gasteiger partial charge is 0.431 e. The fourth-order valence-corrected chi connectivity index (χ4v) is 6.23. The number of hydrogen-bond donors (Lipinski definition) is 0. The molecule has 0 spiro atoms. The van der Waals surface area contributed by atoms with Crippen LogP contribution >= 0.6 is 11.3 Å². The predicted molar refractivity (Wildman–Crippen MR) is 110 cm³/mol. The van der Waals surface area contributed by atoms with Gasteiger partial charge in [-0.1, -0.05) is 23.5 Å². The van der Waals surface area contributed by atoms with E-state index in [1.807, 2.05) is 24.3 Å². The number of benzene rings is 2. The van der Waals surface area contributed by atoms with E-state index in [4.69, 9.17) is 4.74 Å². The number of rotatable bonds is 5. The molecular formula is C20H20FN3O3S2. The number of halogens is 1. The highest BCUT2D eigenvalue weighted by molar-refractivity contribution is 7.88. The highest BCUT2D eigenvalue weighted by Crippen LogP contribution is 2.34. The van der Waals surface area contributed by atoms with Crippen LogP contribution in [0.3, 0.4) is 0 Å². The molecule has 2 fully saturated rings. The molecule has 152 valence electrons. The van der Waals surface area contributed by atoms with Crippen molar-refractivity contribution in [3.05, 3.63) is 53.8 Å². The highest BCUT2D eigenvalue weighted by Gasteiger charge is 2.46. The number of aromatic nitrogens is 1. The van der Waals surface area contributed by atoms with E-state index < -0.39 is 10.0 Å².